The number of thiocarbonyl (C=S) groups is 1. The van der Waals surface area contributed by atoms with Crippen molar-refractivity contribution in [2.75, 3.05) is 4.90 Å². The minimum Gasteiger partial charge on any atom is -0.457 e. The van der Waals surface area contributed by atoms with Crippen LogP contribution in [0.1, 0.15) is 11.3 Å². The van der Waals surface area contributed by atoms with Gasteiger partial charge in [0.15, 0.2) is 4.32 Å². The molecule has 2 aromatic carbocycles. The third-order valence-corrected chi connectivity index (χ3v) is 5.83. The molecule has 9 heteroatoms. The summed E-state index contributed by atoms with van der Waals surface area (Å²) >= 11 is 12.3. The second-order valence-corrected chi connectivity index (χ2v) is 8.35. The molecule has 2 heterocycles. The van der Waals surface area contributed by atoms with Crippen molar-refractivity contribution in [3.63, 3.8) is 0 Å². The number of anilines is 1. The SMILES string of the molecule is O=C1/C(=C/c2ccc(-c3ccccc3C(F)(F)F)o2)SC(=S)N1c1ccc(Cl)cc1. The van der Waals surface area contributed by atoms with Crippen LogP contribution in [0.2, 0.25) is 5.02 Å². The average Bonchev–Trinajstić information content (AvgIpc) is 3.27. The van der Waals surface area contributed by atoms with Crippen LogP contribution in [0.3, 0.4) is 0 Å². The number of hydrogen-bond donors (Lipinski definition) is 0. The van der Waals surface area contributed by atoms with Crippen molar-refractivity contribution >= 4 is 57.6 Å². The highest BCUT2D eigenvalue weighted by Crippen LogP contribution is 2.39. The third-order valence-electron chi connectivity index (χ3n) is 4.28. The molecular weight excluding hydrogens is 455 g/mol. The summed E-state index contributed by atoms with van der Waals surface area (Å²) in [6, 6.07) is 14.8. The van der Waals surface area contributed by atoms with Crippen molar-refractivity contribution in [3.05, 3.63) is 81.9 Å². The van der Waals surface area contributed by atoms with Gasteiger partial charge in [-0.1, -0.05) is 53.8 Å². The van der Waals surface area contributed by atoms with Gasteiger partial charge in [-0.05, 0) is 42.5 Å². The minimum atomic E-state index is -4.51. The summed E-state index contributed by atoms with van der Waals surface area (Å²) in [6.45, 7) is 0. The van der Waals surface area contributed by atoms with Gasteiger partial charge in [0.1, 0.15) is 11.5 Å². The van der Waals surface area contributed by atoms with Crippen molar-refractivity contribution < 1.29 is 22.4 Å². The molecular formula is C21H11ClF3NO2S2. The standard InChI is InChI=1S/C21H11ClF3NO2S2/c22-12-5-7-13(8-6-12)26-19(27)18(30-20(26)29)11-14-9-10-17(28-14)15-3-1-2-4-16(15)21(23,24)25/h1-11H/b18-11-. The number of amides is 1. The number of furan rings is 1. The molecule has 0 radical (unpaired) electrons. The van der Waals surface area contributed by atoms with Crippen LogP contribution < -0.4 is 4.90 Å². The Bertz CT molecular complexity index is 1170. The first-order valence-corrected chi connectivity index (χ1v) is 10.1. The van der Waals surface area contributed by atoms with Gasteiger partial charge in [0, 0.05) is 16.7 Å². The number of hydrogen-bond acceptors (Lipinski definition) is 4. The van der Waals surface area contributed by atoms with Crippen LogP contribution in [0.4, 0.5) is 18.9 Å². The van der Waals surface area contributed by atoms with Crippen molar-refractivity contribution in [1.29, 1.82) is 0 Å². The van der Waals surface area contributed by atoms with Crippen molar-refractivity contribution in [1.82, 2.24) is 0 Å². The lowest BCUT2D eigenvalue weighted by atomic mass is 10.1. The first-order chi connectivity index (χ1) is 14.2. The lowest BCUT2D eigenvalue weighted by Crippen LogP contribution is -2.27. The van der Waals surface area contributed by atoms with Crippen LogP contribution in [0, 0.1) is 0 Å². The average molecular weight is 466 g/mol. The molecule has 1 saturated heterocycles. The fourth-order valence-electron chi connectivity index (χ4n) is 2.93. The largest absolute Gasteiger partial charge is 0.457 e. The summed E-state index contributed by atoms with van der Waals surface area (Å²) in [4.78, 5) is 14.5. The number of benzene rings is 2. The van der Waals surface area contributed by atoms with E-state index in [0.29, 0.717) is 19.9 Å². The van der Waals surface area contributed by atoms with Gasteiger partial charge >= 0.3 is 6.18 Å². The van der Waals surface area contributed by atoms with Gasteiger partial charge in [-0.3, -0.25) is 9.69 Å². The van der Waals surface area contributed by atoms with Gasteiger partial charge < -0.3 is 4.42 Å². The minimum absolute atomic E-state index is 0.0577. The van der Waals surface area contributed by atoms with E-state index in [1.54, 1.807) is 24.3 Å². The predicted molar refractivity (Wildman–Crippen MR) is 116 cm³/mol. The van der Waals surface area contributed by atoms with Gasteiger partial charge in [-0.2, -0.15) is 13.2 Å². The second-order valence-electron chi connectivity index (χ2n) is 6.24. The maximum atomic E-state index is 13.3. The molecule has 0 bridgehead atoms. The van der Waals surface area contributed by atoms with Crippen LogP contribution in [0.25, 0.3) is 17.4 Å². The van der Waals surface area contributed by atoms with E-state index in [1.807, 2.05) is 0 Å². The molecule has 0 saturated carbocycles. The summed E-state index contributed by atoms with van der Waals surface area (Å²) in [5.41, 5.74) is -0.289. The Morgan fingerprint density at radius 3 is 2.43 bits per heavy atom. The van der Waals surface area contributed by atoms with Crippen molar-refractivity contribution in [2.45, 2.75) is 6.18 Å². The van der Waals surface area contributed by atoms with Crippen LogP contribution in [0.5, 0.6) is 0 Å². The van der Waals surface area contributed by atoms with E-state index in [-0.39, 0.29) is 23.0 Å². The summed E-state index contributed by atoms with van der Waals surface area (Å²) in [5, 5.41) is 0.530. The van der Waals surface area contributed by atoms with Crippen LogP contribution in [0.15, 0.2) is 70.0 Å². The second kappa shape index (κ2) is 7.94. The predicted octanol–water partition coefficient (Wildman–Crippen LogP) is 7.02. The van der Waals surface area contributed by atoms with E-state index >= 15 is 0 Å². The molecule has 1 aliphatic heterocycles. The highest BCUT2D eigenvalue weighted by molar-refractivity contribution is 8.27. The molecule has 3 aromatic rings. The zero-order chi connectivity index (χ0) is 21.5. The van der Waals surface area contributed by atoms with Gasteiger partial charge in [0.2, 0.25) is 0 Å². The number of carbonyl (C=O) groups excluding carboxylic acids is 1. The van der Waals surface area contributed by atoms with E-state index in [2.05, 4.69) is 0 Å². The molecule has 1 aliphatic rings. The molecule has 1 amide bonds. The summed E-state index contributed by atoms with van der Waals surface area (Å²) < 4.78 is 45.7. The molecule has 1 fully saturated rings. The molecule has 0 N–H and O–H groups in total. The topological polar surface area (TPSA) is 33.5 Å². The number of nitrogens with zero attached hydrogens (tertiary/aromatic N) is 1. The monoisotopic (exact) mass is 465 g/mol. The highest BCUT2D eigenvalue weighted by atomic mass is 35.5. The fourth-order valence-corrected chi connectivity index (χ4v) is 4.34. The van der Waals surface area contributed by atoms with Crippen LogP contribution >= 0.6 is 35.6 Å². The Hall–Kier alpha value is -2.55. The Labute approximate surface area is 184 Å². The fraction of sp³-hybridized carbons (Fsp3) is 0.0476. The van der Waals surface area contributed by atoms with E-state index in [9.17, 15) is 18.0 Å². The number of thioether (sulfide) groups is 1. The van der Waals surface area contributed by atoms with E-state index in [4.69, 9.17) is 28.2 Å². The third kappa shape index (κ3) is 4.03. The Morgan fingerprint density at radius 1 is 1.03 bits per heavy atom. The maximum absolute atomic E-state index is 13.3. The lowest BCUT2D eigenvalue weighted by Gasteiger charge is -2.14. The lowest BCUT2D eigenvalue weighted by molar-refractivity contribution is -0.137. The van der Waals surface area contributed by atoms with Gasteiger partial charge in [0.25, 0.3) is 5.91 Å². The molecule has 1 aromatic heterocycles. The van der Waals surface area contributed by atoms with Crippen molar-refractivity contribution in [2.24, 2.45) is 0 Å². The first-order valence-electron chi connectivity index (χ1n) is 8.54. The number of halogens is 4. The number of alkyl halides is 3. The molecule has 0 unspecified atom stereocenters. The van der Waals surface area contributed by atoms with Crippen molar-refractivity contribution in [3.8, 4) is 11.3 Å². The smallest absolute Gasteiger partial charge is 0.417 e. The molecule has 0 aliphatic carbocycles. The summed E-state index contributed by atoms with van der Waals surface area (Å²) in [6.07, 6.45) is -3.04. The summed E-state index contributed by atoms with van der Waals surface area (Å²) in [7, 11) is 0. The molecule has 3 nitrogen and oxygen atoms in total. The van der Waals surface area contributed by atoms with E-state index in [1.165, 1.54) is 41.3 Å². The zero-order valence-corrected chi connectivity index (χ0v) is 17.3. The number of carbonyl (C=O) groups is 1. The molecule has 0 atom stereocenters. The highest BCUT2D eigenvalue weighted by Gasteiger charge is 2.35. The van der Waals surface area contributed by atoms with Crippen LogP contribution in [-0.2, 0) is 11.0 Å². The van der Waals surface area contributed by atoms with E-state index < -0.39 is 11.7 Å². The maximum Gasteiger partial charge on any atom is 0.417 e. The zero-order valence-electron chi connectivity index (χ0n) is 14.9. The summed E-state index contributed by atoms with van der Waals surface area (Å²) in [5.74, 6) is -0.0399. The number of rotatable bonds is 3. The van der Waals surface area contributed by atoms with Crippen LogP contribution in [-0.4, -0.2) is 10.2 Å². The quantitative estimate of drug-likeness (QED) is 0.307. The Kier molecular flexibility index (Phi) is 5.48. The van der Waals surface area contributed by atoms with E-state index in [0.717, 1.165) is 17.8 Å². The molecule has 30 heavy (non-hydrogen) atoms. The normalized spacial score (nSPS) is 16.0. The first kappa shape index (κ1) is 20.7. The molecule has 4 rings (SSSR count). The molecule has 0 spiro atoms. The van der Waals surface area contributed by atoms with Gasteiger partial charge in [0.05, 0.1) is 16.2 Å². The Morgan fingerprint density at radius 2 is 1.73 bits per heavy atom. The molecule has 152 valence electrons. The van der Waals surface area contributed by atoms with Gasteiger partial charge in [-0.25, -0.2) is 0 Å². The van der Waals surface area contributed by atoms with Gasteiger partial charge in [-0.15, -0.1) is 0 Å². The Balaban J connectivity index is 1.63.